The highest BCUT2D eigenvalue weighted by Crippen LogP contribution is 2.66. The van der Waals surface area contributed by atoms with Crippen LogP contribution in [0, 0.1) is 0 Å². The lowest BCUT2D eigenvalue weighted by atomic mass is 9.66. The van der Waals surface area contributed by atoms with E-state index in [0.29, 0.717) is 0 Å². The quantitative estimate of drug-likeness (QED) is 0.166. The lowest BCUT2D eigenvalue weighted by molar-refractivity contribution is 0.436. The lowest BCUT2D eigenvalue weighted by Gasteiger charge is -2.39. The standard InChI is InChI=1S/C74H47NO2/c1-2-20-48(21-3-1)50-22-16-23-51(46-50)49-42-44-53(45-43-49)75(66-37-19-36-65-72(66)57-27-5-7-30-59(57)74(65)62-33-10-14-40-69(62)77-70-41-15-11-34-63(70)74)54-25-17-24-52(47-54)55-28-18-35-64-71(55)56-26-4-6-29-58(56)73(64)60-31-8-12-38-67(60)76-68-39-13-9-32-61(68)73/h1-47H. The van der Waals surface area contributed by atoms with Gasteiger partial charge in [-0.15, -0.1) is 0 Å². The highest BCUT2D eigenvalue weighted by atomic mass is 16.5. The third-order valence-electron chi connectivity index (χ3n) is 16.8. The minimum absolute atomic E-state index is 0.575. The Kier molecular flexibility index (Phi) is 9.47. The van der Waals surface area contributed by atoms with Gasteiger partial charge < -0.3 is 14.4 Å². The molecule has 3 nitrogen and oxygen atoms in total. The third kappa shape index (κ3) is 6.14. The predicted octanol–water partition coefficient (Wildman–Crippen LogP) is 19.1. The van der Waals surface area contributed by atoms with Crippen LogP contribution in [0.5, 0.6) is 23.0 Å². The van der Waals surface area contributed by atoms with Gasteiger partial charge in [0.2, 0.25) is 0 Å². The summed E-state index contributed by atoms with van der Waals surface area (Å²) in [5.41, 5.74) is 23.5. The van der Waals surface area contributed by atoms with Gasteiger partial charge in [0, 0.05) is 39.2 Å². The van der Waals surface area contributed by atoms with Crippen molar-refractivity contribution in [3.8, 4) is 78.6 Å². The molecule has 12 aromatic carbocycles. The van der Waals surface area contributed by atoms with Crippen LogP contribution in [0.25, 0.3) is 55.6 Å². The number of fused-ring (bicyclic) bond motifs is 18. The second kappa shape index (κ2) is 16.8. The van der Waals surface area contributed by atoms with E-state index in [0.717, 1.165) is 73.4 Å². The Balaban J connectivity index is 0.920. The summed E-state index contributed by atoms with van der Waals surface area (Å²) < 4.78 is 13.5. The van der Waals surface area contributed by atoms with E-state index in [1.165, 1.54) is 66.8 Å². The molecular weight excluding hydrogens is 935 g/mol. The van der Waals surface area contributed by atoms with Crippen molar-refractivity contribution < 1.29 is 9.47 Å². The number of hydrogen-bond acceptors (Lipinski definition) is 3. The molecule has 3 heteroatoms. The van der Waals surface area contributed by atoms with Gasteiger partial charge in [-0.05, 0) is 133 Å². The molecule has 0 atom stereocenters. The SMILES string of the molecule is c1ccc(-c2cccc(-c3ccc(N(c4cccc(-c5cccc6c5-c5ccccc5C65c6ccccc6Oc6ccccc65)c4)c4cccc5c4-c4ccccc4C54c5ccccc5Oc5ccccc54)cc3)c2)cc1. The topological polar surface area (TPSA) is 21.7 Å². The molecular formula is C74H47NO2. The Hall–Kier alpha value is -9.96. The van der Waals surface area contributed by atoms with E-state index in [-0.39, 0.29) is 0 Å². The van der Waals surface area contributed by atoms with Gasteiger partial charge in [-0.2, -0.15) is 0 Å². The maximum absolute atomic E-state index is 6.75. The normalized spacial score (nSPS) is 13.9. The second-order valence-corrected chi connectivity index (χ2v) is 20.6. The van der Waals surface area contributed by atoms with E-state index >= 15 is 0 Å². The minimum atomic E-state index is -0.621. The number of ether oxygens (including phenoxy) is 2. The Morgan fingerprint density at radius 3 is 1.19 bits per heavy atom. The first kappa shape index (κ1) is 43.4. The summed E-state index contributed by atoms with van der Waals surface area (Å²) in [5, 5.41) is 0. The summed E-state index contributed by atoms with van der Waals surface area (Å²) in [6.45, 7) is 0. The molecule has 2 aliphatic heterocycles. The first-order valence-electron chi connectivity index (χ1n) is 26.6. The maximum Gasteiger partial charge on any atom is 0.132 e. The van der Waals surface area contributed by atoms with Gasteiger partial charge >= 0.3 is 0 Å². The summed E-state index contributed by atoms with van der Waals surface area (Å²) in [4.78, 5) is 2.49. The van der Waals surface area contributed by atoms with Crippen LogP contribution >= 0.6 is 0 Å². The van der Waals surface area contributed by atoms with Gasteiger partial charge in [0.05, 0.1) is 16.5 Å². The van der Waals surface area contributed by atoms with E-state index in [1.54, 1.807) is 0 Å². The van der Waals surface area contributed by atoms with Gasteiger partial charge in [0.15, 0.2) is 0 Å². The highest BCUT2D eigenvalue weighted by Gasteiger charge is 2.53. The lowest BCUT2D eigenvalue weighted by Crippen LogP contribution is -2.32. The molecule has 2 spiro atoms. The van der Waals surface area contributed by atoms with E-state index in [4.69, 9.17) is 9.47 Å². The van der Waals surface area contributed by atoms with Gasteiger partial charge in [-0.3, -0.25) is 0 Å². The zero-order valence-electron chi connectivity index (χ0n) is 41.9. The molecule has 0 saturated carbocycles. The first-order chi connectivity index (χ1) is 38.2. The Morgan fingerprint density at radius 1 is 0.234 bits per heavy atom. The summed E-state index contributed by atoms with van der Waals surface area (Å²) in [6, 6.07) is 104. The average Bonchev–Trinajstić information content (AvgIpc) is 4.18. The van der Waals surface area contributed by atoms with Crippen molar-refractivity contribution in [2.24, 2.45) is 0 Å². The Bertz CT molecular complexity index is 4270. The van der Waals surface area contributed by atoms with Crippen molar-refractivity contribution in [2.45, 2.75) is 10.8 Å². The third-order valence-corrected chi connectivity index (χ3v) is 16.8. The van der Waals surface area contributed by atoms with Gasteiger partial charge in [0.25, 0.3) is 0 Å². The fourth-order valence-electron chi connectivity index (χ4n) is 13.8. The van der Waals surface area contributed by atoms with Crippen molar-refractivity contribution in [1.82, 2.24) is 0 Å². The number of para-hydroxylation sites is 4. The number of benzene rings is 12. The van der Waals surface area contributed by atoms with E-state index in [2.05, 4.69) is 290 Å². The van der Waals surface area contributed by atoms with E-state index in [1.807, 2.05) is 0 Å². The summed E-state index contributed by atoms with van der Waals surface area (Å²) in [5.74, 6) is 3.53. The van der Waals surface area contributed by atoms with Crippen LogP contribution in [0.2, 0.25) is 0 Å². The second-order valence-electron chi connectivity index (χ2n) is 20.6. The molecule has 16 rings (SSSR count). The molecule has 0 unspecified atom stereocenters. The summed E-state index contributed by atoms with van der Waals surface area (Å²) >= 11 is 0. The Morgan fingerprint density at radius 2 is 0.623 bits per heavy atom. The summed E-state index contributed by atoms with van der Waals surface area (Å²) in [7, 11) is 0. The van der Waals surface area contributed by atoms with Gasteiger partial charge in [0.1, 0.15) is 23.0 Å². The number of nitrogens with zero attached hydrogens (tertiary/aromatic N) is 1. The zero-order chi connectivity index (χ0) is 50.7. The van der Waals surface area contributed by atoms with Crippen LogP contribution in [0.4, 0.5) is 17.1 Å². The van der Waals surface area contributed by atoms with Crippen LogP contribution in [-0.2, 0) is 10.8 Å². The molecule has 77 heavy (non-hydrogen) atoms. The van der Waals surface area contributed by atoms with Crippen LogP contribution in [0.3, 0.4) is 0 Å². The largest absolute Gasteiger partial charge is 0.457 e. The molecule has 0 bridgehead atoms. The molecule has 0 fully saturated rings. The molecule has 4 aliphatic rings. The number of anilines is 3. The molecule has 0 amide bonds. The van der Waals surface area contributed by atoms with Gasteiger partial charge in [-0.1, -0.05) is 224 Å². The highest BCUT2D eigenvalue weighted by molar-refractivity contribution is 6.01. The van der Waals surface area contributed by atoms with Gasteiger partial charge in [-0.25, -0.2) is 0 Å². The molecule has 2 aliphatic carbocycles. The molecule has 12 aromatic rings. The molecule has 0 aromatic heterocycles. The van der Waals surface area contributed by atoms with Crippen molar-refractivity contribution in [3.63, 3.8) is 0 Å². The number of hydrogen-bond donors (Lipinski definition) is 0. The Labute approximate surface area is 448 Å². The molecule has 360 valence electrons. The zero-order valence-corrected chi connectivity index (χ0v) is 41.9. The van der Waals surface area contributed by atoms with E-state index in [9.17, 15) is 0 Å². The molecule has 0 radical (unpaired) electrons. The van der Waals surface area contributed by atoms with Crippen molar-refractivity contribution in [1.29, 1.82) is 0 Å². The van der Waals surface area contributed by atoms with Crippen molar-refractivity contribution in [3.05, 3.63) is 330 Å². The summed E-state index contributed by atoms with van der Waals surface area (Å²) in [6.07, 6.45) is 0. The fourth-order valence-corrected chi connectivity index (χ4v) is 13.8. The van der Waals surface area contributed by atoms with E-state index < -0.39 is 10.8 Å². The smallest absolute Gasteiger partial charge is 0.132 e. The molecule has 2 heterocycles. The van der Waals surface area contributed by atoms with Crippen molar-refractivity contribution >= 4 is 17.1 Å². The van der Waals surface area contributed by atoms with Crippen LogP contribution in [-0.4, -0.2) is 0 Å². The fraction of sp³-hybridized carbons (Fsp3) is 0.0270. The number of rotatable bonds is 6. The minimum Gasteiger partial charge on any atom is -0.457 e. The van der Waals surface area contributed by atoms with Crippen molar-refractivity contribution in [2.75, 3.05) is 4.90 Å². The molecule has 0 saturated heterocycles. The monoisotopic (exact) mass is 981 g/mol. The average molecular weight is 982 g/mol. The molecule has 0 N–H and O–H groups in total. The van der Waals surface area contributed by atoms with Crippen LogP contribution in [0.1, 0.15) is 44.5 Å². The first-order valence-corrected chi connectivity index (χ1v) is 26.6. The predicted molar refractivity (Wildman–Crippen MR) is 312 cm³/mol. The van der Waals surface area contributed by atoms with Crippen LogP contribution < -0.4 is 14.4 Å². The van der Waals surface area contributed by atoms with Crippen LogP contribution in [0.15, 0.2) is 285 Å². The maximum atomic E-state index is 6.75.